The van der Waals surface area contributed by atoms with Gasteiger partial charge in [-0.15, -0.1) is 10.2 Å². The molecule has 2 aromatic carbocycles. The lowest BCUT2D eigenvalue weighted by molar-refractivity contribution is 0.554. The van der Waals surface area contributed by atoms with Crippen LogP contribution in [0, 0.1) is 5.92 Å². The van der Waals surface area contributed by atoms with Gasteiger partial charge < -0.3 is 4.57 Å². The van der Waals surface area contributed by atoms with E-state index in [4.69, 9.17) is 4.98 Å². The molecule has 3 aromatic heterocycles. The molecule has 10 heteroatoms. The maximum atomic E-state index is 13.6. The Labute approximate surface area is 219 Å². The zero-order chi connectivity index (χ0) is 26.4. The first-order chi connectivity index (χ1) is 18.5. The van der Waals surface area contributed by atoms with E-state index in [0.717, 1.165) is 40.9 Å². The fourth-order valence-corrected chi connectivity index (χ4v) is 5.11. The summed E-state index contributed by atoms with van der Waals surface area (Å²) in [6.07, 6.45) is 2.20. The minimum Gasteiger partial charge on any atom is -0.317 e. The lowest BCUT2D eigenvalue weighted by Crippen LogP contribution is -2.40. The number of rotatable bonds is 8. The van der Waals surface area contributed by atoms with Crippen LogP contribution in [0.1, 0.15) is 50.9 Å². The molecule has 1 aliphatic rings. The van der Waals surface area contributed by atoms with Crippen LogP contribution in [-0.2, 0) is 19.6 Å². The summed E-state index contributed by atoms with van der Waals surface area (Å²) in [5.41, 5.74) is 4.24. The highest BCUT2D eigenvalue weighted by Gasteiger charge is 2.28. The average Bonchev–Trinajstić information content (AvgIpc) is 3.41. The van der Waals surface area contributed by atoms with Gasteiger partial charge in [-0.3, -0.25) is 13.9 Å². The highest BCUT2D eigenvalue weighted by molar-refractivity contribution is 5.81. The second kappa shape index (κ2) is 9.51. The molecular formula is C28H30N8O2. The molecule has 1 N–H and O–H groups in total. The molecular weight excluding hydrogens is 480 g/mol. The van der Waals surface area contributed by atoms with Gasteiger partial charge in [-0.25, -0.2) is 9.78 Å². The van der Waals surface area contributed by atoms with Crippen LogP contribution in [0.15, 0.2) is 58.1 Å². The largest absolute Gasteiger partial charge is 0.332 e. The van der Waals surface area contributed by atoms with Crippen LogP contribution in [0.25, 0.3) is 33.7 Å². The number of tetrazole rings is 1. The van der Waals surface area contributed by atoms with Crippen LogP contribution in [0.2, 0.25) is 0 Å². The third-order valence-electron chi connectivity index (χ3n) is 7.21. The van der Waals surface area contributed by atoms with Crippen LogP contribution in [-0.4, -0.2) is 39.3 Å². The fraction of sp³-hybridized carbons (Fsp3) is 0.357. The van der Waals surface area contributed by atoms with E-state index in [2.05, 4.69) is 46.6 Å². The molecule has 3 heterocycles. The van der Waals surface area contributed by atoms with Crippen molar-refractivity contribution in [3.63, 3.8) is 0 Å². The number of nitrogens with one attached hydrogen (secondary N) is 1. The van der Waals surface area contributed by atoms with Crippen LogP contribution < -0.4 is 11.2 Å². The monoisotopic (exact) mass is 510 g/mol. The smallest absolute Gasteiger partial charge is 0.317 e. The van der Waals surface area contributed by atoms with Gasteiger partial charge in [0.05, 0.1) is 0 Å². The van der Waals surface area contributed by atoms with Crippen LogP contribution in [0.5, 0.6) is 0 Å². The van der Waals surface area contributed by atoms with Gasteiger partial charge in [0.15, 0.2) is 11.2 Å². The number of benzene rings is 2. The molecule has 194 valence electrons. The van der Waals surface area contributed by atoms with E-state index in [0.29, 0.717) is 42.5 Å². The Morgan fingerprint density at radius 3 is 2.45 bits per heavy atom. The summed E-state index contributed by atoms with van der Waals surface area (Å²) < 4.78 is 5.02. The molecule has 38 heavy (non-hydrogen) atoms. The Kier molecular flexibility index (Phi) is 6.01. The molecule has 10 nitrogen and oxygen atoms in total. The van der Waals surface area contributed by atoms with E-state index in [1.54, 1.807) is 4.57 Å². The fourth-order valence-electron chi connectivity index (χ4n) is 5.11. The minimum absolute atomic E-state index is 0.0571. The number of nitrogens with zero attached hydrogens (tertiary/aromatic N) is 7. The van der Waals surface area contributed by atoms with Gasteiger partial charge in [0.25, 0.3) is 5.56 Å². The summed E-state index contributed by atoms with van der Waals surface area (Å²) in [7, 11) is 0. The molecule has 0 radical (unpaired) electrons. The van der Waals surface area contributed by atoms with Gasteiger partial charge in [-0.05, 0) is 53.7 Å². The number of imidazole rings is 1. The predicted octanol–water partition coefficient (Wildman–Crippen LogP) is 3.81. The molecule has 1 saturated carbocycles. The van der Waals surface area contributed by atoms with Crippen molar-refractivity contribution in [2.24, 2.45) is 5.92 Å². The van der Waals surface area contributed by atoms with Crippen LogP contribution in [0.4, 0.5) is 0 Å². The number of aromatic amines is 1. The van der Waals surface area contributed by atoms with Crippen molar-refractivity contribution in [2.45, 2.75) is 59.2 Å². The molecule has 1 aliphatic carbocycles. The van der Waals surface area contributed by atoms with E-state index >= 15 is 0 Å². The topological polar surface area (TPSA) is 116 Å². The van der Waals surface area contributed by atoms with Gasteiger partial charge in [0, 0.05) is 31.1 Å². The Morgan fingerprint density at radius 2 is 1.79 bits per heavy atom. The normalized spacial score (nSPS) is 13.6. The molecule has 0 aliphatic heterocycles. The summed E-state index contributed by atoms with van der Waals surface area (Å²) in [5.74, 6) is 1.80. The molecule has 6 rings (SSSR count). The van der Waals surface area contributed by atoms with Gasteiger partial charge in [-0.1, -0.05) is 56.3 Å². The third-order valence-corrected chi connectivity index (χ3v) is 7.21. The van der Waals surface area contributed by atoms with Gasteiger partial charge >= 0.3 is 5.69 Å². The number of fused-ring (bicyclic) bond motifs is 1. The van der Waals surface area contributed by atoms with E-state index in [-0.39, 0.29) is 17.2 Å². The molecule has 0 amide bonds. The Morgan fingerprint density at radius 1 is 1.00 bits per heavy atom. The van der Waals surface area contributed by atoms with Crippen molar-refractivity contribution in [3.8, 4) is 22.5 Å². The van der Waals surface area contributed by atoms with Gasteiger partial charge in [0.2, 0.25) is 5.82 Å². The van der Waals surface area contributed by atoms with Crippen molar-refractivity contribution in [1.82, 2.24) is 39.3 Å². The number of H-pyrrole nitrogens is 1. The first-order valence-corrected chi connectivity index (χ1v) is 13.1. The SMILES string of the molecule is CCn1c(=O)c2c(nc(C(C)C)n2Cc2ccc(-c3ccccc3)c(-c3nn[nH]n3)c2)n(CC2CC2)c1=O. The summed E-state index contributed by atoms with van der Waals surface area (Å²) in [5, 5.41) is 14.8. The number of hydrogen-bond donors (Lipinski definition) is 1. The summed E-state index contributed by atoms with van der Waals surface area (Å²) >= 11 is 0. The third kappa shape index (κ3) is 4.15. The molecule has 1 fully saturated rings. The zero-order valence-electron chi connectivity index (χ0n) is 21.8. The van der Waals surface area contributed by atoms with E-state index < -0.39 is 0 Å². The minimum atomic E-state index is -0.293. The first kappa shape index (κ1) is 24.0. The van der Waals surface area contributed by atoms with Crippen molar-refractivity contribution >= 4 is 11.2 Å². The molecule has 0 atom stereocenters. The predicted molar refractivity (Wildman–Crippen MR) is 145 cm³/mol. The molecule has 0 spiro atoms. The maximum Gasteiger partial charge on any atom is 0.332 e. The lowest BCUT2D eigenvalue weighted by atomic mass is 9.97. The number of aromatic nitrogens is 8. The molecule has 5 aromatic rings. The van der Waals surface area contributed by atoms with Crippen LogP contribution in [0.3, 0.4) is 0 Å². The second-order valence-corrected chi connectivity index (χ2v) is 10.3. The van der Waals surface area contributed by atoms with Crippen molar-refractivity contribution < 1.29 is 0 Å². The standard InChI is InChI=1S/C28H30N8O2/c1-4-34-27(37)23-26(36(28(34)38)15-18-10-11-18)29-25(17(2)3)35(23)16-19-12-13-21(20-8-6-5-7-9-20)22(14-19)24-30-32-33-31-24/h5-9,12-14,17-18H,4,10-11,15-16H2,1-3H3,(H,30,31,32,33). The zero-order valence-corrected chi connectivity index (χ0v) is 21.8. The highest BCUT2D eigenvalue weighted by Crippen LogP contribution is 2.33. The molecule has 0 saturated heterocycles. The first-order valence-electron chi connectivity index (χ1n) is 13.1. The van der Waals surface area contributed by atoms with Crippen LogP contribution >= 0.6 is 0 Å². The quantitative estimate of drug-likeness (QED) is 0.339. The second-order valence-electron chi connectivity index (χ2n) is 10.3. The lowest BCUT2D eigenvalue weighted by Gasteiger charge is -2.15. The average molecular weight is 511 g/mol. The number of hydrogen-bond acceptors (Lipinski definition) is 6. The van der Waals surface area contributed by atoms with E-state index in [1.165, 1.54) is 4.57 Å². The Hall–Kier alpha value is -4.34. The van der Waals surface area contributed by atoms with Gasteiger partial charge in [-0.2, -0.15) is 5.21 Å². The molecule has 0 bridgehead atoms. The maximum absolute atomic E-state index is 13.6. The Bertz CT molecular complexity index is 1730. The van der Waals surface area contributed by atoms with E-state index in [9.17, 15) is 9.59 Å². The van der Waals surface area contributed by atoms with Gasteiger partial charge in [0.1, 0.15) is 5.82 Å². The summed E-state index contributed by atoms with van der Waals surface area (Å²) in [6, 6.07) is 16.2. The summed E-state index contributed by atoms with van der Waals surface area (Å²) in [6.45, 7) is 7.28. The Balaban J connectivity index is 1.54. The van der Waals surface area contributed by atoms with Crippen molar-refractivity contribution in [2.75, 3.05) is 0 Å². The summed E-state index contributed by atoms with van der Waals surface area (Å²) in [4.78, 5) is 31.8. The molecule has 0 unspecified atom stereocenters. The van der Waals surface area contributed by atoms with Crippen molar-refractivity contribution in [1.29, 1.82) is 0 Å². The van der Waals surface area contributed by atoms with E-state index in [1.807, 2.05) is 47.9 Å². The highest BCUT2D eigenvalue weighted by atomic mass is 16.2. The van der Waals surface area contributed by atoms with Crippen molar-refractivity contribution in [3.05, 3.63) is 80.8 Å².